The Hall–Kier alpha value is -4.10. The fourth-order valence-electron chi connectivity index (χ4n) is 7.57. The summed E-state index contributed by atoms with van der Waals surface area (Å²) in [6.07, 6.45) is -1.38. The van der Waals surface area contributed by atoms with Crippen LogP contribution in [0.4, 0.5) is 0 Å². The summed E-state index contributed by atoms with van der Waals surface area (Å²) in [4.78, 5) is 52.0. The molecule has 1 fully saturated rings. The van der Waals surface area contributed by atoms with Gasteiger partial charge in [-0.15, -0.1) is 0 Å². The monoisotopic (exact) mass is 634 g/mol. The SMILES string of the molecule is CC(=O)[C@@H](O)CC(=O)NCCC(=O)O[C@@H](C(=O)OC1=CC[C@@]2(O)[C@H]3Cc4ccc(CO)c5c4[C@@]2(CCN3C)[C@H]1O5)c1ccccc1. The molecule has 4 N–H and O–H groups in total. The van der Waals surface area contributed by atoms with Gasteiger partial charge in [0, 0.05) is 35.7 Å². The van der Waals surface area contributed by atoms with E-state index in [1.54, 1.807) is 36.4 Å². The smallest absolute Gasteiger partial charge is 0.357 e. The second kappa shape index (κ2) is 12.3. The Labute approximate surface area is 265 Å². The van der Waals surface area contributed by atoms with Crippen LogP contribution in [0.2, 0.25) is 0 Å². The van der Waals surface area contributed by atoms with Crippen LogP contribution in [-0.2, 0) is 47.1 Å². The van der Waals surface area contributed by atoms with Crippen molar-refractivity contribution >= 4 is 23.6 Å². The summed E-state index contributed by atoms with van der Waals surface area (Å²) < 4.78 is 18.1. The van der Waals surface area contributed by atoms with E-state index in [4.69, 9.17) is 14.2 Å². The Balaban J connectivity index is 1.23. The van der Waals surface area contributed by atoms with E-state index in [1.165, 1.54) is 6.92 Å². The quantitative estimate of drug-likeness (QED) is 0.261. The van der Waals surface area contributed by atoms with Crippen molar-refractivity contribution in [3.63, 3.8) is 0 Å². The number of carbonyl (C=O) groups excluding carboxylic acids is 4. The highest BCUT2D eigenvalue weighted by Crippen LogP contribution is 2.64. The molecule has 244 valence electrons. The zero-order valence-electron chi connectivity index (χ0n) is 25.7. The number of Topliss-reactive ketones (excluding diaryl/α,β-unsaturated/α-hetero) is 1. The number of nitrogens with zero attached hydrogens (tertiary/aromatic N) is 1. The van der Waals surface area contributed by atoms with E-state index in [0.717, 1.165) is 11.1 Å². The van der Waals surface area contributed by atoms with Crippen molar-refractivity contribution in [3.05, 3.63) is 76.6 Å². The van der Waals surface area contributed by atoms with Gasteiger partial charge in [-0.2, -0.15) is 0 Å². The Morgan fingerprint density at radius 2 is 1.91 bits per heavy atom. The number of piperidine rings is 1. The second-order valence-corrected chi connectivity index (χ2v) is 12.5. The van der Waals surface area contributed by atoms with Crippen LogP contribution in [0.15, 0.2) is 54.3 Å². The van der Waals surface area contributed by atoms with Crippen LogP contribution in [0.1, 0.15) is 61.0 Å². The molecule has 12 heteroatoms. The minimum atomic E-state index is -1.44. The minimum absolute atomic E-state index is 0.135. The van der Waals surface area contributed by atoms with Gasteiger partial charge in [0.2, 0.25) is 12.0 Å². The number of amides is 1. The van der Waals surface area contributed by atoms with Crippen molar-refractivity contribution in [1.29, 1.82) is 0 Å². The van der Waals surface area contributed by atoms with Gasteiger partial charge in [-0.1, -0.05) is 42.5 Å². The molecule has 2 heterocycles. The predicted molar refractivity (Wildman–Crippen MR) is 161 cm³/mol. The van der Waals surface area contributed by atoms with Gasteiger partial charge in [0.1, 0.15) is 17.6 Å². The Morgan fingerprint density at radius 1 is 1.15 bits per heavy atom. The summed E-state index contributed by atoms with van der Waals surface area (Å²) in [5.41, 5.74) is 0.743. The van der Waals surface area contributed by atoms with E-state index in [9.17, 15) is 34.5 Å². The van der Waals surface area contributed by atoms with Gasteiger partial charge in [0.15, 0.2) is 11.9 Å². The van der Waals surface area contributed by atoms with Gasteiger partial charge < -0.3 is 39.7 Å². The van der Waals surface area contributed by atoms with Gasteiger partial charge in [0.05, 0.1) is 30.5 Å². The molecule has 2 aromatic carbocycles. The van der Waals surface area contributed by atoms with Gasteiger partial charge in [0.25, 0.3) is 0 Å². The number of nitrogens with one attached hydrogen (secondary N) is 1. The number of likely N-dealkylation sites (tertiary alicyclic amines) is 1. The highest BCUT2D eigenvalue weighted by atomic mass is 16.6. The molecular weight excluding hydrogens is 596 g/mol. The number of ketones is 1. The summed E-state index contributed by atoms with van der Waals surface area (Å²) in [7, 11) is 1.99. The largest absolute Gasteiger partial charge is 0.481 e. The van der Waals surface area contributed by atoms with Crippen molar-refractivity contribution in [2.75, 3.05) is 20.1 Å². The van der Waals surface area contributed by atoms with E-state index in [-0.39, 0.29) is 37.8 Å². The lowest BCUT2D eigenvalue weighted by Gasteiger charge is -2.61. The molecule has 0 unspecified atom stereocenters. The van der Waals surface area contributed by atoms with E-state index < -0.39 is 59.4 Å². The lowest BCUT2D eigenvalue weighted by Crippen LogP contribution is -2.74. The summed E-state index contributed by atoms with van der Waals surface area (Å²) in [5, 5.41) is 34.6. The molecule has 2 bridgehead atoms. The number of ether oxygens (including phenoxy) is 3. The highest BCUT2D eigenvalue weighted by Gasteiger charge is 2.72. The first-order valence-electron chi connectivity index (χ1n) is 15.5. The van der Waals surface area contributed by atoms with E-state index in [0.29, 0.717) is 36.3 Å². The van der Waals surface area contributed by atoms with Crippen LogP contribution in [0.25, 0.3) is 0 Å². The third-order valence-electron chi connectivity index (χ3n) is 9.91. The number of likely N-dealkylation sites (N-methyl/N-ethyl adjacent to an activating group) is 1. The first-order valence-corrected chi connectivity index (χ1v) is 15.5. The topological polar surface area (TPSA) is 172 Å². The van der Waals surface area contributed by atoms with Crippen LogP contribution in [0, 0.1) is 0 Å². The molecule has 2 aliphatic heterocycles. The van der Waals surface area contributed by atoms with Gasteiger partial charge in [-0.05, 0) is 45.0 Å². The zero-order chi connectivity index (χ0) is 32.8. The molecule has 1 amide bonds. The average Bonchev–Trinajstić information content (AvgIpc) is 3.39. The van der Waals surface area contributed by atoms with Crippen LogP contribution in [-0.4, -0.2) is 87.8 Å². The Morgan fingerprint density at radius 3 is 2.63 bits per heavy atom. The normalized spacial score (nSPS) is 26.9. The van der Waals surface area contributed by atoms with Crippen LogP contribution < -0.4 is 10.1 Å². The van der Waals surface area contributed by atoms with Crippen molar-refractivity contribution in [2.24, 2.45) is 0 Å². The predicted octanol–water partition coefficient (Wildman–Crippen LogP) is 1.13. The molecule has 2 aliphatic carbocycles. The van der Waals surface area contributed by atoms with Crippen LogP contribution in [0.3, 0.4) is 0 Å². The minimum Gasteiger partial charge on any atom is -0.481 e. The molecule has 12 nitrogen and oxygen atoms in total. The number of benzene rings is 2. The Bertz CT molecular complexity index is 1590. The standard InChI is InChI=1S/C34H38N2O10/c1-19(38)23(39)17-26(40)35-14-11-27(41)45-30(20-6-4-3-5-7-20)32(42)44-24-10-12-34(43)25-16-21-8-9-22(18-37)29-28(21)33(34,31(24)46-29)13-15-36(25)2/h3-10,23,25,30-31,37,39,43H,11-18H2,1-2H3,(H,35,40)/t23-,25+,30+,31-,33-,34+/m0/s1. The molecule has 2 aromatic rings. The number of aliphatic hydroxyl groups is 3. The molecule has 0 radical (unpaired) electrons. The summed E-state index contributed by atoms with van der Waals surface area (Å²) in [6, 6.07) is 12.0. The lowest BCUT2D eigenvalue weighted by molar-refractivity contribution is -0.176. The molecule has 0 saturated carbocycles. The maximum absolute atomic E-state index is 13.8. The molecule has 6 atom stereocenters. The number of hydrogen-bond acceptors (Lipinski definition) is 11. The van der Waals surface area contributed by atoms with Crippen LogP contribution in [0.5, 0.6) is 5.75 Å². The molecule has 46 heavy (non-hydrogen) atoms. The average molecular weight is 635 g/mol. The number of aliphatic hydroxyl groups excluding tert-OH is 2. The van der Waals surface area contributed by atoms with E-state index in [2.05, 4.69) is 10.2 Å². The van der Waals surface area contributed by atoms with Crippen molar-refractivity contribution < 1.29 is 48.7 Å². The van der Waals surface area contributed by atoms with E-state index >= 15 is 0 Å². The molecular formula is C34H38N2O10. The fourth-order valence-corrected chi connectivity index (χ4v) is 7.57. The fraction of sp³-hybridized carbons (Fsp3) is 0.471. The van der Waals surface area contributed by atoms with Crippen molar-refractivity contribution in [3.8, 4) is 5.75 Å². The van der Waals surface area contributed by atoms with Gasteiger partial charge >= 0.3 is 11.9 Å². The molecule has 0 aromatic heterocycles. The molecule has 6 rings (SSSR count). The summed E-state index contributed by atoms with van der Waals surface area (Å²) >= 11 is 0. The van der Waals surface area contributed by atoms with Crippen molar-refractivity contribution in [2.45, 2.75) is 81.0 Å². The number of esters is 2. The molecule has 4 aliphatic rings. The molecule has 1 spiro atoms. The first kappa shape index (κ1) is 31.9. The first-order chi connectivity index (χ1) is 22.0. The third kappa shape index (κ3) is 5.19. The third-order valence-corrected chi connectivity index (χ3v) is 9.91. The van der Waals surface area contributed by atoms with Crippen LogP contribution >= 0.6 is 0 Å². The maximum Gasteiger partial charge on any atom is 0.357 e. The Kier molecular flexibility index (Phi) is 8.49. The lowest BCUT2D eigenvalue weighted by atomic mass is 9.50. The maximum atomic E-state index is 13.8. The molecule has 1 saturated heterocycles. The summed E-state index contributed by atoms with van der Waals surface area (Å²) in [5.74, 6) is -2.07. The second-order valence-electron chi connectivity index (χ2n) is 12.5. The highest BCUT2D eigenvalue weighted by molar-refractivity contribution is 5.87. The van der Waals surface area contributed by atoms with Crippen molar-refractivity contribution in [1.82, 2.24) is 10.2 Å². The number of rotatable bonds is 11. The zero-order valence-corrected chi connectivity index (χ0v) is 25.7. The van der Waals surface area contributed by atoms with Gasteiger partial charge in [-0.3, -0.25) is 14.4 Å². The number of carbonyl (C=O) groups is 4. The summed E-state index contributed by atoms with van der Waals surface area (Å²) in [6.45, 7) is 1.47. The van der Waals surface area contributed by atoms with Gasteiger partial charge in [-0.25, -0.2) is 4.79 Å². The number of hydrogen-bond donors (Lipinski definition) is 4. The van der Waals surface area contributed by atoms with E-state index in [1.807, 2.05) is 19.2 Å².